The number of alkyl halides is 3. The van der Waals surface area contributed by atoms with E-state index in [2.05, 4.69) is 15.6 Å². The van der Waals surface area contributed by atoms with Crippen molar-refractivity contribution in [3.8, 4) is 11.4 Å². The number of anilines is 1. The Morgan fingerprint density at radius 2 is 1.83 bits per heavy atom. The number of hydrogen-bond acceptors (Lipinski definition) is 7. The lowest BCUT2D eigenvalue weighted by molar-refractivity contribution is -0.138. The monoisotopic (exact) mass is 649 g/mol. The van der Waals surface area contributed by atoms with E-state index in [9.17, 15) is 31.9 Å². The van der Waals surface area contributed by atoms with Crippen molar-refractivity contribution in [3.63, 3.8) is 0 Å². The molecule has 0 unspecified atom stereocenters. The Bertz CT molecular complexity index is 2090. The Balaban J connectivity index is 1.51. The fourth-order valence-electron chi connectivity index (χ4n) is 4.65. The second-order valence-corrected chi connectivity index (χ2v) is 10.6. The highest BCUT2D eigenvalue weighted by atomic mass is 19.4. The minimum atomic E-state index is -4.94. The summed E-state index contributed by atoms with van der Waals surface area (Å²) in [6.07, 6.45) is 4.62. The molecule has 0 bridgehead atoms. The number of rotatable bonds is 8. The van der Waals surface area contributed by atoms with E-state index in [1.54, 1.807) is 44.2 Å². The van der Waals surface area contributed by atoms with Crippen molar-refractivity contribution in [2.75, 3.05) is 5.32 Å². The van der Waals surface area contributed by atoms with E-state index in [1.807, 2.05) is 0 Å². The van der Waals surface area contributed by atoms with E-state index in [0.717, 1.165) is 41.2 Å². The first-order valence-electron chi connectivity index (χ1n) is 14.0. The van der Waals surface area contributed by atoms with Crippen molar-refractivity contribution in [1.29, 1.82) is 5.41 Å². The third-order valence-electron chi connectivity index (χ3n) is 6.95. The van der Waals surface area contributed by atoms with Crippen LogP contribution in [0.1, 0.15) is 41.5 Å². The molecular formula is C32H27F4N7O4. The molecule has 3 N–H and O–H groups in total. The number of carbonyl (C=O) groups is 1. The number of ether oxygens (including phenoxy) is 1. The molecule has 0 radical (unpaired) electrons. The smallest absolute Gasteiger partial charge is 0.420 e. The molecular weight excluding hydrogens is 622 g/mol. The van der Waals surface area contributed by atoms with Crippen LogP contribution in [0.2, 0.25) is 0 Å². The lowest BCUT2D eigenvalue weighted by Crippen LogP contribution is -2.42. The lowest BCUT2D eigenvalue weighted by Gasteiger charge is -2.21. The van der Waals surface area contributed by atoms with E-state index < -0.39 is 52.1 Å². The number of amides is 1. The second-order valence-electron chi connectivity index (χ2n) is 10.6. The van der Waals surface area contributed by atoms with Gasteiger partial charge in [0.15, 0.2) is 5.76 Å². The van der Waals surface area contributed by atoms with E-state index in [-0.39, 0.29) is 22.8 Å². The number of dihydropyridines is 1. The molecule has 0 fully saturated rings. The second kappa shape index (κ2) is 12.8. The normalized spacial score (nSPS) is 14.0. The molecule has 15 heteroatoms. The quantitative estimate of drug-likeness (QED) is 0.178. The Morgan fingerprint density at radius 3 is 2.45 bits per heavy atom. The third kappa shape index (κ3) is 6.83. The maximum Gasteiger partial charge on any atom is 0.420 e. The highest BCUT2D eigenvalue weighted by Crippen LogP contribution is 2.39. The molecule has 242 valence electrons. The lowest BCUT2D eigenvalue weighted by atomic mass is 10.1. The van der Waals surface area contributed by atoms with Crippen LogP contribution in [0.25, 0.3) is 11.3 Å². The molecule has 47 heavy (non-hydrogen) atoms. The number of aromatic nitrogens is 4. The molecule has 5 rings (SSSR count). The van der Waals surface area contributed by atoms with Gasteiger partial charge in [-0.15, -0.1) is 0 Å². The van der Waals surface area contributed by atoms with E-state index in [1.165, 1.54) is 24.3 Å². The summed E-state index contributed by atoms with van der Waals surface area (Å²) >= 11 is 0. The van der Waals surface area contributed by atoms with Gasteiger partial charge in [-0.05, 0) is 68.5 Å². The number of allylic oxidation sites excluding steroid dienone is 3. The SMILES string of the molecule is CC(C)n1cc(C(=O)Nc2ccc(OC3=CC(c4cn(C)cn4)=CN/C3=C\C=N)c(C(F)(F)F)c2)c(=O)n(-c2ccc(F)cc2)c1=O. The van der Waals surface area contributed by atoms with Crippen LogP contribution in [0.3, 0.4) is 0 Å². The topological polar surface area (TPSA) is 136 Å². The molecule has 0 saturated carbocycles. The number of halogens is 4. The Hall–Kier alpha value is -5.99. The zero-order valence-electron chi connectivity index (χ0n) is 25.1. The molecule has 2 aromatic heterocycles. The summed E-state index contributed by atoms with van der Waals surface area (Å²) in [5.41, 5.74) is -2.70. The van der Waals surface area contributed by atoms with E-state index in [4.69, 9.17) is 10.1 Å². The number of nitrogens with zero attached hydrogens (tertiary/aromatic N) is 4. The summed E-state index contributed by atoms with van der Waals surface area (Å²) in [5.74, 6) is -2.33. The number of carbonyl (C=O) groups excluding carboxylic acids is 1. The minimum absolute atomic E-state index is 0.00435. The van der Waals surface area contributed by atoms with Gasteiger partial charge in [0, 0.05) is 49.2 Å². The molecule has 11 nitrogen and oxygen atoms in total. The van der Waals surface area contributed by atoms with Gasteiger partial charge in [0.2, 0.25) is 0 Å². The van der Waals surface area contributed by atoms with Gasteiger partial charge in [0.25, 0.3) is 11.5 Å². The maximum atomic E-state index is 14.3. The summed E-state index contributed by atoms with van der Waals surface area (Å²) in [6, 6.07) is 6.75. The first-order chi connectivity index (χ1) is 22.3. The number of benzene rings is 2. The summed E-state index contributed by atoms with van der Waals surface area (Å²) in [4.78, 5) is 44.0. The molecule has 1 aliphatic heterocycles. The predicted octanol–water partition coefficient (Wildman–Crippen LogP) is 5.16. The molecule has 2 aromatic carbocycles. The molecule has 0 aliphatic carbocycles. The van der Waals surface area contributed by atoms with Crippen LogP contribution in [-0.4, -0.2) is 30.8 Å². The van der Waals surface area contributed by atoms with Crippen LogP contribution in [0.5, 0.6) is 5.75 Å². The van der Waals surface area contributed by atoms with Gasteiger partial charge in [-0.25, -0.2) is 18.7 Å². The fourth-order valence-corrected chi connectivity index (χ4v) is 4.65. The van der Waals surface area contributed by atoms with Crippen molar-refractivity contribution < 1.29 is 27.1 Å². The number of imidazole rings is 1. The van der Waals surface area contributed by atoms with Crippen LogP contribution in [0.4, 0.5) is 23.2 Å². The van der Waals surface area contributed by atoms with Crippen LogP contribution in [-0.2, 0) is 13.2 Å². The van der Waals surface area contributed by atoms with Crippen LogP contribution in [0.15, 0.2) is 101 Å². The average molecular weight is 650 g/mol. The molecule has 1 aliphatic rings. The molecule has 0 saturated heterocycles. The fraction of sp³-hybridized carbons (Fsp3) is 0.156. The summed E-state index contributed by atoms with van der Waals surface area (Å²) in [5, 5.41) is 12.6. The molecule has 1 amide bonds. The average Bonchev–Trinajstić information content (AvgIpc) is 3.45. The van der Waals surface area contributed by atoms with Gasteiger partial charge < -0.3 is 25.3 Å². The number of hydrogen-bond donors (Lipinski definition) is 3. The van der Waals surface area contributed by atoms with Gasteiger partial charge >= 0.3 is 11.9 Å². The predicted molar refractivity (Wildman–Crippen MR) is 166 cm³/mol. The Morgan fingerprint density at radius 1 is 1.11 bits per heavy atom. The van der Waals surface area contributed by atoms with Gasteiger partial charge in [-0.1, -0.05) is 0 Å². The van der Waals surface area contributed by atoms with Crippen molar-refractivity contribution in [2.45, 2.75) is 26.1 Å². The van der Waals surface area contributed by atoms with Crippen LogP contribution >= 0.6 is 0 Å². The molecule has 0 atom stereocenters. The summed E-state index contributed by atoms with van der Waals surface area (Å²) in [6.45, 7) is 3.26. The summed E-state index contributed by atoms with van der Waals surface area (Å²) < 4.78 is 65.7. The van der Waals surface area contributed by atoms with E-state index >= 15 is 0 Å². The van der Waals surface area contributed by atoms with Gasteiger partial charge in [-0.3, -0.25) is 14.2 Å². The van der Waals surface area contributed by atoms with Crippen LogP contribution in [0, 0.1) is 11.2 Å². The Labute approximate surface area is 264 Å². The third-order valence-corrected chi connectivity index (χ3v) is 6.95. The maximum absolute atomic E-state index is 14.3. The van der Waals surface area contributed by atoms with Crippen molar-refractivity contribution in [3.05, 3.63) is 134 Å². The van der Waals surface area contributed by atoms with Gasteiger partial charge in [-0.2, -0.15) is 13.2 Å². The van der Waals surface area contributed by atoms with E-state index in [0.29, 0.717) is 21.9 Å². The zero-order valence-corrected chi connectivity index (χ0v) is 25.1. The molecule has 3 heterocycles. The van der Waals surface area contributed by atoms with Crippen molar-refractivity contribution in [1.82, 2.24) is 24.0 Å². The first kappa shape index (κ1) is 32.4. The molecule has 4 aromatic rings. The standard InChI is InChI=1S/C32H27F4N7O4/c1-18(2)42-15-23(30(45)43(31(42)46)22-7-4-20(33)5-8-22)29(44)40-21-6-9-27(24(13-21)32(34,35)36)47-28-12-19(14-38-25(28)10-11-37)26-16-41(3)17-39-26/h4-18,37-38H,1-3H3,(H,40,44)/b25-10-,37-11?. The molecule has 0 spiro atoms. The largest absolute Gasteiger partial charge is 0.455 e. The van der Waals surface area contributed by atoms with Gasteiger partial charge in [0.1, 0.15) is 22.7 Å². The Kier molecular flexibility index (Phi) is 8.81. The van der Waals surface area contributed by atoms with Gasteiger partial charge in [0.05, 0.1) is 23.4 Å². The number of aryl methyl sites for hydroxylation is 1. The first-order valence-corrected chi connectivity index (χ1v) is 14.0. The van der Waals surface area contributed by atoms with Crippen LogP contribution < -0.4 is 26.6 Å². The minimum Gasteiger partial charge on any atom is -0.455 e. The highest BCUT2D eigenvalue weighted by molar-refractivity contribution is 6.04. The van der Waals surface area contributed by atoms with Crippen molar-refractivity contribution in [2.24, 2.45) is 7.05 Å². The zero-order chi connectivity index (χ0) is 34.0. The highest BCUT2D eigenvalue weighted by Gasteiger charge is 2.36. The summed E-state index contributed by atoms with van der Waals surface area (Å²) in [7, 11) is 1.76. The van der Waals surface area contributed by atoms with Crippen molar-refractivity contribution >= 4 is 23.4 Å². The number of nitrogens with one attached hydrogen (secondary N) is 3.